The van der Waals surface area contributed by atoms with Crippen molar-refractivity contribution in [3.8, 4) is 0 Å². The smallest absolute Gasteiger partial charge is 0.239 e. The number of carbonyl (C=O) groups excluding carboxylic acids is 1. The quantitative estimate of drug-likeness (QED) is 0.868. The standard InChI is InChI=1S/C16H23ClN2O/c1-12-7-8-14(9-15(12)17)18-11-16(20)19-10-13-5-3-2-4-6-13/h7-9,13,18H,2-6,10-11H2,1H3,(H,19,20). The van der Waals surface area contributed by atoms with E-state index in [0.717, 1.165) is 22.8 Å². The summed E-state index contributed by atoms with van der Waals surface area (Å²) < 4.78 is 0. The van der Waals surface area contributed by atoms with Crippen LogP contribution in [-0.4, -0.2) is 19.0 Å². The molecule has 0 saturated heterocycles. The normalized spacial score (nSPS) is 15.9. The van der Waals surface area contributed by atoms with Crippen LogP contribution >= 0.6 is 11.6 Å². The molecule has 0 aliphatic heterocycles. The highest BCUT2D eigenvalue weighted by Crippen LogP contribution is 2.22. The van der Waals surface area contributed by atoms with E-state index in [1.54, 1.807) is 0 Å². The Hall–Kier alpha value is -1.22. The van der Waals surface area contributed by atoms with E-state index in [2.05, 4.69) is 10.6 Å². The lowest BCUT2D eigenvalue weighted by molar-refractivity contribution is -0.119. The second-order valence-corrected chi connectivity index (χ2v) is 6.03. The fraction of sp³-hybridized carbons (Fsp3) is 0.562. The maximum atomic E-state index is 11.8. The summed E-state index contributed by atoms with van der Waals surface area (Å²) in [5.74, 6) is 0.716. The SMILES string of the molecule is Cc1ccc(NCC(=O)NCC2CCCCC2)cc1Cl. The van der Waals surface area contributed by atoms with Crippen molar-refractivity contribution in [1.82, 2.24) is 5.32 Å². The molecule has 1 aromatic rings. The van der Waals surface area contributed by atoms with E-state index in [-0.39, 0.29) is 5.91 Å². The molecule has 110 valence electrons. The van der Waals surface area contributed by atoms with Crippen LogP contribution in [0.15, 0.2) is 18.2 Å². The predicted octanol–water partition coefficient (Wildman–Crippen LogP) is 3.76. The van der Waals surface area contributed by atoms with Gasteiger partial charge in [0.2, 0.25) is 5.91 Å². The van der Waals surface area contributed by atoms with Gasteiger partial charge in [-0.2, -0.15) is 0 Å². The number of anilines is 1. The third kappa shape index (κ3) is 4.71. The summed E-state index contributed by atoms with van der Waals surface area (Å²) >= 11 is 6.05. The summed E-state index contributed by atoms with van der Waals surface area (Å²) in [7, 11) is 0. The second-order valence-electron chi connectivity index (χ2n) is 5.63. The van der Waals surface area contributed by atoms with Crippen LogP contribution in [-0.2, 0) is 4.79 Å². The number of hydrogen-bond donors (Lipinski definition) is 2. The minimum Gasteiger partial charge on any atom is -0.376 e. The van der Waals surface area contributed by atoms with Crippen molar-refractivity contribution in [2.45, 2.75) is 39.0 Å². The Morgan fingerprint density at radius 3 is 2.75 bits per heavy atom. The molecule has 4 heteroatoms. The highest BCUT2D eigenvalue weighted by Gasteiger charge is 2.14. The van der Waals surface area contributed by atoms with Crippen LogP contribution in [0.4, 0.5) is 5.69 Å². The monoisotopic (exact) mass is 294 g/mol. The molecule has 0 aromatic heterocycles. The minimum atomic E-state index is 0.0484. The fourth-order valence-electron chi connectivity index (χ4n) is 2.60. The Balaban J connectivity index is 1.70. The van der Waals surface area contributed by atoms with E-state index < -0.39 is 0 Å². The molecule has 1 saturated carbocycles. The van der Waals surface area contributed by atoms with Crippen molar-refractivity contribution >= 4 is 23.2 Å². The molecule has 1 amide bonds. The van der Waals surface area contributed by atoms with Gasteiger partial charge >= 0.3 is 0 Å². The zero-order valence-corrected chi connectivity index (χ0v) is 12.8. The topological polar surface area (TPSA) is 41.1 Å². The van der Waals surface area contributed by atoms with Gasteiger partial charge in [-0.3, -0.25) is 4.79 Å². The van der Waals surface area contributed by atoms with Crippen molar-refractivity contribution in [2.24, 2.45) is 5.92 Å². The first-order chi connectivity index (χ1) is 9.65. The molecule has 0 unspecified atom stereocenters. The lowest BCUT2D eigenvalue weighted by atomic mass is 9.89. The summed E-state index contributed by atoms with van der Waals surface area (Å²) in [6, 6.07) is 5.74. The zero-order valence-electron chi connectivity index (χ0n) is 12.0. The Labute approximate surface area is 126 Å². The Kier molecular flexibility index (Phi) is 5.72. The minimum absolute atomic E-state index is 0.0484. The Morgan fingerprint density at radius 2 is 2.05 bits per heavy atom. The maximum Gasteiger partial charge on any atom is 0.239 e. The van der Waals surface area contributed by atoms with Crippen LogP contribution < -0.4 is 10.6 Å². The van der Waals surface area contributed by atoms with Gasteiger partial charge in [0.05, 0.1) is 6.54 Å². The van der Waals surface area contributed by atoms with Gasteiger partial charge < -0.3 is 10.6 Å². The van der Waals surface area contributed by atoms with E-state index in [0.29, 0.717) is 12.5 Å². The molecule has 1 fully saturated rings. The largest absolute Gasteiger partial charge is 0.376 e. The van der Waals surface area contributed by atoms with Crippen LogP contribution in [0.25, 0.3) is 0 Å². The first-order valence-electron chi connectivity index (χ1n) is 7.42. The molecule has 20 heavy (non-hydrogen) atoms. The molecule has 1 aromatic carbocycles. The molecule has 0 atom stereocenters. The number of amides is 1. The predicted molar refractivity (Wildman–Crippen MR) is 84.3 cm³/mol. The summed E-state index contributed by atoms with van der Waals surface area (Å²) in [6.45, 7) is 3.07. The van der Waals surface area contributed by atoms with Gasteiger partial charge in [0.15, 0.2) is 0 Å². The average molecular weight is 295 g/mol. The molecule has 0 radical (unpaired) electrons. The van der Waals surface area contributed by atoms with Crippen LogP contribution in [0.5, 0.6) is 0 Å². The molecule has 1 aliphatic rings. The number of halogens is 1. The van der Waals surface area contributed by atoms with Crippen molar-refractivity contribution < 1.29 is 4.79 Å². The molecule has 2 rings (SSSR count). The number of hydrogen-bond acceptors (Lipinski definition) is 2. The highest BCUT2D eigenvalue weighted by atomic mass is 35.5. The number of rotatable bonds is 5. The lowest BCUT2D eigenvalue weighted by Gasteiger charge is -2.21. The fourth-order valence-corrected chi connectivity index (χ4v) is 2.78. The summed E-state index contributed by atoms with van der Waals surface area (Å²) in [5.41, 5.74) is 1.92. The zero-order chi connectivity index (χ0) is 14.4. The van der Waals surface area contributed by atoms with Gasteiger partial charge in [-0.25, -0.2) is 0 Å². The van der Waals surface area contributed by atoms with Crippen molar-refractivity contribution in [3.63, 3.8) is 0 Å². The van der Waals surface area contributed by atoms with E-state index in [9.17, 15) is 4.79 Å². The number of aryl methyl sites for hydroxylation is 1. The molecule has 2 N–H and O–H groups in total. The van der Waals surface area contributed by atoms with Crippen molar-refractivity contribution in [2.75, 3.05) is 18.4 Å². The van der Waals surface area contributed by atoms with E-state index in [1.165, 1.54) is 32.1 Å². The summed E-state index contributed by atoms with van der Waals surface area (Å²) in [5, 5.41) is 6.84. The average Bonchev–Trinajstić information content (AvgIpc) is 2.47. The van der Waals surface area contributed by atoms with Gasteiger partial charge in [0.1, 0.15) is 0 Å². The van der Waals surface area contributed by atoms with Crippen LogP contribution in [0.1, 0.15) is 37.7 Å². The summed E-state index contributed by atoms with van der Waals surface area (Å²) in [6.07, 6.45) is 6.46. The molecular formula is C16H23ClN2O. The van der Waals surface area contributed by atoms with Crippen LogP contribution in [0, 0.1) is 12.8 Å². The van der Waals surface area contributed by atoms with E-state index in [1.807, 2.05) is 25.1 Å². The molecule has 0 spiro atoms. The van der Waals surface area contributed by atoms with E-state index in [4.69, 9.17) is 11.6 Å². The van der Waals surface area contributed by atoms with Crippen LogP contribution in [0.2, 0.25) is 5.02 Å². The van der Waals surface area contributed by atoms with Gasteiger partial charge in [-0.05, 0) is 43.4 Å². The first-order valence-corrected chi connectivity index (χ1v) is 7.79. The number of nitrogens with one attached hydrogen (secondary N) is 2. The molecule has 1 aliphatic carbocycles. The van der Waals surface area contributed by atoms with Crippen molar-refractivity contribution in [1.29, 1.82) is 0 Å². The van der Waals surface area contributed by atoms with Gasteiger partial charge in [-0.15, -0.1) is 0 Å². The molecular weight excluding hydrogens is 272 g/mol. The van der Waals surface area contributed by atoms with E-state index >= 15 is 0 Å². The van der Waals surface area contributed by atoms with Gasteiger partial charge in [0, 0.05) is 17.3 Å². The second kappa shape index (κ2) is 7.53. The third-order valence-corrected chi connectivity index (χ3v) is 4.34. The third-order valence-electron chi connectivity index (χ3n) is 3.94. The summed E-state index contributed by atoms with van der Waals surface area (Å²) in [4.78, 5) is 11.8. The molecule has 0 bridgehead atoms. The van der Waals surface area contributed by atoms with Crippen LogP contribution in [0.3, 0.4) is 0 Å². The maximum absolute atomic E-state index is 11.8. The van der Waals surface area contributed by atoms with Gasteiger partial charge in [-0.1, -0.05) is 36.9 Å². The highest BCUT2D eigenvalue weighted by molar-refractivity contribution is 6.31. The Bertz CT molecular complexity index is 456. The number of benzene rings is 1. The molecule has 3 nitrogen and oxygen atoms in total. The Morgan fingerprint density at radius 1 is 1.30 bits per heavy atom. The van der Waals surface area contributed by atoms with Gasteiger partial charge in [0.25, 0.3) is 0 Å². The first kappa shape index (κ1) is 15.2. The lowest BCUT2D eigenvalue weighted by Crippen LogP contribution is -2.34. The molecule has 0 heterocycles. The number of carbonyl (C=O) groups is 1. The van der Waals surface area contributed by atoms with Crippen molar-refractivity contribution in [3.05, 3.63) is 28.8 Å².